The first-order valence-electron chi connectivity index (χ1n) is 6.20. The number of ether oxygens (including phenoxy) is 2. The van der Waals surface area contributed by atoms with Crippen molar-refractivity contribution < 1.29 is 14.6 Å². The number of hydrogen-bond donors (Lipinski definition) is 1. The maximum absolute atomic E-state index is 10.4. The Balaban J connectivity index is 1.89. The van der Waals surface area contributed by atoms with E-state index in [4.69, 9.17) is 9.47 Å². The highest BCUT2D eigenvalue weighted by Crippen LogP contribution is 2.31. The quantitative estimate of drug-likeness (QED) is 0.844. The van der Waals surface area contributed by atoms with Crippen LogP contribution in [0.5, 0.6) is 0 Å². The lowest BCUT2D eigenvalue weighted by atomic mass is 10.0. The van der Waals surface area contributed by atoms with Crippen LogP contribution in [0.1, 0.15) is 31.7 Å². The number of hydrogen-bond acceptors (Lipinski definition) is 5. The van der Waals surface area contributed by atoms with Gasteiger partial charge in [0.2, 0.25) is 0 Å². The van der Waals surface area contributed by atoms with Gasteiger partial charge in [0.15, 0.2) is 6.29 Å². The van der Waals surface area contributed by atoms with E-state index in [0.29, 0.717) is 0 Å². The van der Waals surface area contributed by atoms with Gasteiger partial charge in [0.05, 0.1) is 10.8 Å². The number of rotatable bonds is 5. The second kappa shape index (κ2) is 6.39. The van der Waals surface area contributed by atoms with Crippen LogP contribution in [0.3, 0.4) is 0 Å². The molecule has 1 N–H and O–H groups in total. The summed E-state index contributed by atoms with van der Waals surface area (Å²) in [5.74, 6) is 0. The molecule has 1 aromatic rings. The van der Waals surface area contributed by atoms with Gasteiger partial charge in [-0.05, 0) is 49.5 Å². The Morgan fingerprint density at radius 1 is 1.61 bits per heavy atom. The molecule has 1 aromatic heterocycles. The van der Waals surface area contributed by atoms with E-state index in [0.717, 1.165) is 31.4 Å². The smallest absolute Gasteiger partial charge is 0.157 e. The highest BCUT2D eigenvalue weighted by Gasteiger charge is 2.27. The first kappa shape index (κ1) is 14.3. The minimum Gasteiger partial charge on any atom is -0.383 e. The van der Waals surface area contributed by atoms with Crippen LogP contribution >= 0.6 is 23.1 Å². The van der Waals surface area contributed by atoms with Gasteiger partial charge in [-0.2, -0.15) is 0 Å². The normalized spacial score (nSPS) is 23.8. The second-order valence-corrected chi connectivity index (χ2v) is 6.76. The van der Waals surface area contributed by atoms with Gasteiger partial charge in [0, 0.05) is 6.61 Å². The lowest BCUT2D eigenvalue weighted by Gasteiger charge is -2.28. The van der Waals surface area contributed by atoms with Gasteiger partial charge in [0.25, 0.3) is 0 Å². The molecule has 0 saturated carbocycles. The first-order valence-corrected chi connectivity index (χ1v) is 8.31. The van der Waals surface area contributed by atoms with Crippen molar-refractivity contribution in [1.82, 2.24) is 0 Å². The van der Waals surface area contributed by atoms with E-state index in [1.54, 1.807) is 30.0 Å². The van der Waals surface area contributed by atoms with Crippen molar-refractivity contribution >= 4 is 23.1 Å². The van der Waals surface area contributed by atoms with Crippen molar-refractivity contribution in [2.24, 2.45) is 0 Å². The predicted octanol–water partition coefficient (Wildman–Crippen LogP) is 3.22. The molecule has 2 unspecified atom stereocenters. The van der Waals surface area contributed by atoms with E-state index in [9.17, 15) is 5.11 Å². The van der Waals surface area contributed by atoms with Crippen LogP contribution in [0.2, 0.25) is 0 Å². The summed E-state index contributed by atoms with van der Waals surface area (Å²) in [7, 11) is 0. The highest BCUT2D eigenvalue weighted by molar-refractivity contribution is 8.00. The van der Waals surface area contributed by atoms with E-state index in [-0.39, 0.29) is 12.9 Å². The average molecular weight is 288 g/mol. The van der Waals surface area contributed by atoms with Crippen LogP contribution in [-0.2, 0) is 15.1 Å². The van der Waals surface area contributed by atoms with Gasteiger partial charge in [-0.15, -0.1) is 23.1 Å². The van der Waals surface area contributed by atoms with Crippen LogP contribution in [0.25, 0.3) is 0 Å². The largest absolute Gasteiger partial charge is 0.383 e. The van der Waals surface area contributed by atoms with Gasteiger partial charge in [-0.1, -0.05) is 0 Å². The first-order chi connectivity index (χ1) is 8.62. The number of thiophene rings is 1. The molecule has 3 nitrogen and oxygen atoms in total. The maximum Gasteiger partial charge on any atom is 0.157 e. The zero-order chi connectivity index (χ0) is 13.0. The molecule has 0 aromatic carbocycles. The highest BCUT2D eigenvalue weighted by atomic mass is 32.2. The predicted molar refractivity (Wildman–Crippen MR) is 75.2 cm³/mol. The Labute approximate surface area is 116 Å². The third-order valence-corrected chi connectivity index (χ3v) is 5.12. The number of thioether (sulfide) groups is 1. The van der Waals surface area contributed by atoms with Crippen LogP contribution in [0, 0.1) is 0 Å². The summed E-state index contributed by atoms with van der Waals surface area (Å²) in [6.07, 6.45) is 5.07. The van der Waals surface area contributed by atoms with Crippen molar-refractivity contribution in [2.45, 2.75) is 42.3 Å². The molecule has 18 heavy (non-hydrogen) atoms. The van der Waals surface area contributed by atoms with Crippen molar-refractivity contribution in [1.29, 1.82) is 0 Å². The molecule has 1 fully saturated rings. The van der Waals surface area contributed by atoms with Gasteiger partial charge in [-0.25, -0.2) is 0 Å². The Kier molecular flexibility index (Phi) is 5.09. The van der Waals surface area contributed by atoms with Crippen molar-refractivity contribution in [3.63, 3.8) is 0 Å². The summed E-state index contributed by atoms with van der Waals surface area (Å²) in [4.78, 5) is 0. The molecule has 0 bridgehead atoms. The summed E-state index contributed by atoms with van der Waals surface area (Å²) in [5, 5.41) is 12.4. The zero-order valence-electron chi connectivity index (χ0n) is 10.8. The molecule has 1 saturated heterocycles. The summed E-state index contributed by atoms with van der Waals surface area (Å²) < 4.78 is 12.4. The Morgan fingerprint density at radius 2 is 2.44 bits per heavy atom. The monoisotopic (exact) mass is 288 g/mol. The van der Waals surface area contributed by atoms with E-state index in [1.165, 1.54) is 4.21 Å². The SMILES string of the molecule is CSc1cc(C(C)(O)COC2CCCCO2)cs1. The third-order valence-electron chi connectivity index (χ3n) is 3.09. The van der Waals surface area contributed by atoms with Gasteiger partial charge in [0.1, 0.15) is 5.60 Å². The second-order valence-electron chi connectivity index (χ2n) is 4.74. The lowest BCUT2D eigenvalue weighted by Crippen LogP contribution is -2.32. The average Bonchev–Trinajstić information content (AvgIpc) is 2.87. The molecule has 0 radical (unpaired) electrons. The molecule has 2 rings (SSSR count). The fourth-order valence-corrected chi connectivity index (χ4v) is 3.42. The van der Waals surface area contributed by atoms with E-state index in [1.807, 2.05) is 17.7 Å². The van der Waals surface area contributed by atoms with Crippen LogP contribution in [0.15, 0.2) is 15.7 Å². The topological polar surface area (TPSA) is 38.7 Å². The Bertz CT molecular complexity index is 370. The molecule has 102 valence electrons. The van der Waals surface area contributed by atoms with Gasteiger partial charge in [-0.3, -0.25) is 0 Å². The molecule has 2 atom stereocenters. The molecular formula is C13H20O3S2. The summed E-state index contributed by atoms with van der Waals surface area (Å²) in [6.45, 7) is 2.84. The van der Waals surface area contributed by atoms with E-state index >= 15 is 0 Å². The zero-order valence-corrected chi connectivity index (χ0v) is 12.5. The lowest BCUT2D eigenvalue weighted by molar-refractivity contribution is -0.190. The summed E-state index contributed by atoms with van der Waals surface area (Å²) in [6, 6.07) is 2.03. The summed E-state index contributed by atoms with van der Waals surface area (Å²) >= 11 is 3.35. The van der Waals surface area contributed by atoms with Gasteiger partial charge < -0.3 is 14.6 Å². The fraction of sp³-hybridized carbons (Fsp3) is 0.692. The summed E-state index contributed by atoms with van der Waals surface area (Å²) in [5.41, 5.74) is -0.0154. The molecule has 2 heterocycles. The van der Waals surface area contributed by atoms with Crippen molar-refractivity contribution in [3.05, 3.63) is 17.0 Å². The van der Waals surface area contributed by atoms with Crippen LogP contribution in [0.4, 0.5) is 0 Å². The maximum atomic E-state index is 10.4. The van der Waals surface area contributed by atoms with Crippen LogP contribution < -0.4 is 0 Å². The molecule has 0 amide bonds. The van der Waals surface area contributed by atoms with E-state index in [2.05, 4.69) is 0 Å². The van der Waals surface area contributed by atoms with Crippen molar-refractivity contribution in [3.8, 4) is 0 Å². The fourth-order valence-electron chi connectivity index (χ4n) is 1.89. The molecule has 5 heteroatoms. The minimum absolute atomic E-state index is 0.149. The molecule has 1 aliphatic heterocycles. The van der Waals surface area contributed by atoms with Gasteiger partial charge >= 0.3 is 0 Å². The van der Waals surface area contributed by atoms with Crippen LogP contribution in [-0.4, -0.2) is 30.9 Å². The van der Waals surface area contributed by atoms with Crippen molar-refractivity contribution in [2.75, 3.05) is 19.5 Å². The standard InChI is InChI=1S/C13H20O3S2/c1-13(14,10-7-12(17-2)18-8-10)9-16-11-5-3-4-6-15-11/h7-8,11,14H,3-6,9H2,1-2H3. The van der Waals surface area contributed by atoms with E-state index < -0.39 is 5.60 Å². The Hall–Kier alpha value is -0.0700. The third kappa shape index (κ3) is 3.71. The molecule has 1 aliphatic rings. The minimum atomic E-state index is -0.939. The molecular weight excluding hydrogens is 268 g/mol. The Morgan fingerprint density at radius 3 is 3.06 bits per heavy atom. The molecule has 0 aliphatic carbocycles. The number of aliphatic hydroxyl groups is 1. The molecule has 0 spiro atoms.